The third-order valence-corrected chi connectivity index (χ3v) is 22.4. The first-order valence-corrected chi connectivity index (χ1v) is 35.5. The molecule has 6 heterocycles. The first-order chi connectivity index (χ1) is 49.4. The van der Waals surface area contributed by atoms with Crippen molar-refractivity contribution in [2.24, 2.45) is 16.4 Å². The van der Waals surface area contributed by atoms with E-state index in [1.807, 2.05) is 111 Å². The van der Waals surface area contributed by atoms with Crippen molar-refractivity contribution in [2.45, 2.75) is 118 Å². The third kappa shape index (κ3) is 12.8. The van der Waals surface area contributed by atoms with Crippen molar-refractivity contribution in [3.8, 4) is 23.3 Å². The number of hydrogen-bond acceptors (Lipinski definition) is 19. The molecule has 5 aromatic carbocycles. The van der Waals surface area contributed by atoms with Gasteiger partial charge in [-0.3, -0.25) is 19.4 Å². The van der Waals surface area contributed by atoms with Crippen molar-refractivity contribution in [1.29, 1.82) is 0 Å². The average Bonchev–Trinajstić information content (AvgIpc) is 1.45. The molecule has 23 nitrogen and oxygen atoms in total. The number of para-hydroxylation sites is 1. The fourth-order valence-corrected chi connectivity index (χ4v) is 18.0. The van der Waals surface area contributed by atoms with Crippen molar-refractivity contribution >= 4 is 52.3 Å². The van der Waals surface area contributed by atoms with Crippen molar-refractivity contribution in [1.82, 2.24) is 30.8 Å². The second-order valence-corrected chi connectivity index (χ2v) is 28.0. The van der Waals surface area contributed by atoms with E-state index in [4.69, 9.17) is 37.9 Å². The lowest BCUT2D eigenvalue weighted by Crippen LogP contribution is -2.81. The first kappa shape index (κ1) is 71.1. The Morgan fingerprint density at radius 2 is 1.44 bits per heavy atom. The van der Waals surface area contributed by atoms with Crippen LogP contribution in [-0.4, -0.2) is 197 Å². The maximum atomic E-state index is 15.7. The largest absolute Gasteiger partial charge is 0.496 e. The molecule has 23 heteroatoms. The van der Waals surface area contributed by atoms with Gasteiger partial charge in [-0.2, -0.15) is 5.10 Å². The molecule has 538 valence electrons. The monoisotopic (exact) mass is 1390 g/mol. The Morgan fingerprint density at radius 3 is 2.14 bits per heavy atom. The predicted octanol–water partition coefficient (Wildman–Crippen LogP) is 8.12. The summed E-state index contributed by atoms with van der Waals surface area (Å²) in [6.07, 6.45) is 3.71. The lowest BCUT2D eigenvalue weighted by atomic mass is 9.47. The zero-order valence-corrected chi connectivity index (χ0v) is 59.1. The van der Waals surface area contributed by atoms with Crippen LogP contribution in [0.15, 0.2) is 126 Å². The Balaban J connectivity index is 0.634. The van der Waals surface area contributed by atoms with Crippen molar-refractivity contribution < 1.29 is 72.1 Å². The summed E-state index contributed by atoms with van der Waals surface area (Å²) in [5.41, 5.74) is 4.26. The number of H-pyrrole nitrogens is 1. The molecule has 102 heavy (non-hydrogen) atoms. The highest BCUT2D eigenvalue weighted by atomic mass is 16.6. The zero-order chi connectivity index (χ0) is 71.6. The standard InChI is InChI=1S/C79H92N8O15/c1-8-75(93)46-51-47-78(71(89)96-6,67-59(31-37-86(48-51)49-75)58-22-14-15-23-62(58)82-67)61-44-60-63(45-64(61)95-5)85(4)69-77(60)33-38-87-36-17-32-76(9-2,68(77)87)70(79(69,94)72(90)97-7)102-74(92)84-83-50(3)52-27-29-55(30-28-52)100-39-16-24-65(88)80-34-40-98-42-43-99-41-35-81-73(91)101-66-56-20-12-10-18-53(56)25-26-54-19-11-13-21-57(54)66/h10-15,17-23,27-30,32,44-45,51,66,68-70,82,93-94H,8-9,16,24,31,33-43,46-49H2,1-7H3,(H,80,88)(H,81,91)(H,84,92)/b83-50+/t51-,68+,69-,70-,75+,76-,77-,78+,79+/m1/s1. The molecule has 2 aliphatic carbocycles. The van der Waals surface area contributed by atoms with Crippen LogP contribution in [0.1, 0.15) is 122 Å². The number of aromatic amines is 1. The van der Waals surface area contributed by atoms with Crippen LogP contribution in [0.3, 0.4) is 0 Å². The van der Waals surface area contributed by atoms with Gasteiger partial charge in [0.2, 0.25) is 11.5 Å². The number of aromatic nitrogens is 1. The van der Waals surface area contributed by atoms with Crippen molar-refractivity contribution in [3.05, 3.63) is 172 Å². The molecule has 7 aliphatic rings. The van der Waals surface area contributed by atoms with Gasteiger partial charge in [-0.1, -0.05) is 92.4 Å². The summed E-state index contributed by atoms with van der Waals surface area (Å²) in [5.74, 6) is 5.56. The Kier molecular flexibility index (Phi) is 20.6. The summed E-state index contributed by atoms with van der Waals surface area (Å²) in [7, 11) is 6.05. The number of hydrogen-bond donors (Lipinski definition) is 6. The van der Waals surface area contributed by atoms with Crippen LogP contribution in [0, 0.1) is 23.2 Å². The second-order valence-electron chi connectivity index (χ2n) is 28.0. The van der Waals surface area contributed by atoms with Crippen molar-refractivity contribution in [3.63, 3.8) is 0 Å². The van der Waals surface area contributed by atoms with E-state index in [1.54, 1.807) is 38.3 Å². The van der Waals surface area contributed by atoms with Crippen LogP contribution >= 0.6 is 0 Å². The molecule has 2 bridgehead atoms. The number of fused-ring (bicyclic) bond motifs is 8. The second kappa shape index (κ2) is 29.6. The van der Waals surface area contributed by atoms with Crippen LogP contribution in [-0.2, 0) is 60.1 Å². The van der Waals surface area contributed by atoms with Gasteiger partial charge in [0.25, 0.3) is 0 Å². The number of nitrogens with one attached hydrogen (secondary N) is 4. The number of hydrazone groups is 1. The number of nitrogens with zero attached hydrogens (tertiary/aromatic N) is 4. The van der Waals surface area contributed by atoms with Crippen LogP contribution in [0.4, 0.5) is 15.3 Å². The quantitative estimate of drug-likeness (QED) is 0.00635. The first-order valence-electron chi connectivity index (χ1n) is 35.5. The molecule has 5 aliphatic heterocycles. The normalized spacial score (nSPS) is 26.7. The van der Waals surface area contributed by atoms with Gasteiger partial charge in [0.05, 0.1) is 71.7 Å². The highest BCUT2D eigenvalue weighted by Crippen LogP contribution is 2.68. The number of amides is 3. The summed E-state index contributed by atoms with van der Waals surface area (Å²) in [6.45, 7) is 10.7. The highest BCUT2D eigenvalue weighted by molar-refractivity contribution is 5.99. The third-order valence-electron chi connectivity index (χ3n) is 22.4. The summed E-state index contributed by atoms with van der Waals surface area (Å²) < 4.78 is 47.8. The average molecular weight is 1390 g/mol. The minimum absolute atomic E-state index is 0.141. The van der Waals surface area contributed by atoms with Gasteiger partial charge in [0.15, 0.2) is 12.2 Å². The molecule has 10 atom stereocenters. The van der Waals surface area contributed by atoms with Gasteiger partial charge in [-0.25, -0.2) is 19.8 Å². The van der Waals surface area contributed by atoms with E-state index >= 15 is 9.59 Å². The highest BCUT2D eigenvalue weighted by Gasteiger charge is 2.80. The summed E-state index contributed by atoms with van der Waals surface area (Å²) >= 11 is 0. The van der Waals surface area contributed by atoms with E-state index < -0.39 is 75.9 Å². The van der Waals surface area contributed by atoms with Gasteiger partial charge in [-0.15, -0.1) is 0 Å². The number of piperidine rings is 1. The SMILES string of the molecule is CC[C@]1(O)C[C@H]2CN(CCc3c([nH]c4ccccc34)[C@@](C(=O)OC)(c3cc4c(cc3OC)N(C)[C@H]3[C@@](O)(C(=O)OC)[C@H](OC(=O)N/N=C(\C)c5ccc(OCCCC(=O)NCCOCCOCCNC(=O)OC6c7ccccc7C#Cc7ccccc76)cc5)[C@]5(CC)C=CCN6CC[C@]43[C@@H]65)C2)C1. The lowest BCUT2D eigenvalue weighted by Gasteiger charge is -2.63. The van der Waals surface area contributed by atoms with E-state index in [0.717, 1.165) is 44.3 Å². The van der Waals surface area contributed by atoms with Gasteiger partial charge < -0.3 is 68.6 Å². The van der Waals surface area contributed by atoms with E-state index in [1.165, 1.54) is 14.2 Å². The fraction of sp³-hybridized carbons (Fsp3) is 0.468. The van der Waals surface area contributed by atoms with E-state index in [-0.39, 0.29) is 44.4 Å². The molecular formula is C79H92N8O15. The van der Waals surface area contributed by atoms with E-state index in [9.17, 15) is 24.6 Å². The van der Waals surface area contributed by atoms with Gasteiger partial charge in [0, 0.05) is 126 Å². The number of likely N-dealkylation sites (N-methyl/N-ethyl adjacent to an activating group) is 1. The molecular weight excluding hydrogens is 1300 g/mol. The number of anilines is 1. The van der Waals surface area contributed by atoms with Gasteiger partial charge in [-0.05, 0) is 130 Å². The smallest absolute Gasteiger partial charge is 0.428 e. The molecule has 3 fully saturated rings. The van der Waals surface area contributed by atoms with E-state index in [2.05, 4.69) is 59.9 Å². The molecule has 3 amide bonds. The number of rotatable bonds is 24. The number of benzene rings is 5. The molecule has 13 rings (SSSR count). The molecule has 6 aromatic rings. The molecule has 1 unspecified atom stereocenters. The molecule has 1 aromatic heterocycles. The van der Waals surface area contributed by atoms with Crippen molar-refractivity contribution in [2.75, 3.05) is 112 Å². The fourth-order valence-electron chi connectivity index (χ4n) is 18.0. The molecule has 6 N–H and O–H groups in total. The lowest BCUT2D eigenvalue weighted by molar-refractivity contribution is -0.217. The number of carbonyl (C=O) groups excluding carboxylic acids is 5. The summed E-state index contributed by atoms with van der Waals surface area (Å²) in [4.78, 5) is 81.1. The Hall–Kier alpha value is -9.28. The number of carbonyl (C=O) groups is 5. The van der Waals surface area contributed by atoms with E-state index in [0.29, 0.717) is 137 Å². The van der Waals surface area contributed by atoms with Crippen LogP contribution < -0.4 is 30.4 Å². The number of esters is 2. The zero-order valence-electron chi connectivity index (χ0n) is 59.1. The molecule has 0 radical (unpaired) electrons. The van der Waals surface area contributed by atoms with Crippen LogP contribution in [0.5, 0.6) is 11.5 Å². The molecule has 1 spiro atoms. The Bertz CT molecular complexity index is 4230. The van der Waals surface area contributed by atoms with Gasteiger partial charge in [0.1, 0.15) is 16.9 Å². The molecule has 2 saturated heterocycles. The predicted molar refractivity (Wildman–Crippen MR) is 381 cm³/mol. The summed E-state index contributed by atoms with van der Waals surface area (Å²) in [5, 5.41) is 37.2. The Morgan fingerprint density at radius 1 is 0.745 bits per heavy atom. The number of aliphatic hydroxyl groups is 2. The van der Waals surface area contributed by atoms with Crippen LogP contribution in [0.2, 0.25) is 0 Å². The topological polar surface area (TPSA) is 274 Å². The number of alkyl carbamates (subject to hydrolysis) is 1. The molecule has 1 saturated carbocycles. The minimum atomic E-state index is -2.51. The van der Waals surface area contributed by atoms with Gasteiger partial charge >= 0.3 is 24.1 Å². The maximum Gasteiger partial charge on any atom is 0.428 e. The summed E-state index contributed by atoms with van der Waals surface area (Å²) in [6, 6.07) is 32.9. The number of ether oxygens (including phenoxy) is 8. The Labute approximate surface area is 594 Å². The maximum absolute atomic E-state index is 15.7. The number of methoxy groups -OCH3 is 3. The minimum Gasteiger partial charge on any atom is -0.496 e. The van der Waals surface area contributed by atoms with Crippen LogP contribution in [0.25, 0.3) is 10.9 Å².